The van der Waals surface area contributed by atoms with Crippen molar-refractivity contribution in [3.63, 3.8) is 0 Å². The maximum Gasteiger partial charge on any atom is 0.139 e. The monoisotopic (exact) mass is 168 g/mol. The minimum Gasteiger partial charge on any atom is -0.299 e. The van der Waals surface area contributed by atoms with Gasteiger partial charge in [-0.05, 0) is 25.7 Å². The van der Waals surface area contributed by atoms with Crippen molar-refractivity contribution in [3.8, 4) is 0 Å². The van der Waals surface area contributed by atoms with E-state index >= 15 is 0 Å². The lowest BCUT2D eigenvalue weighted by Gasteiger charge is -2.26. The average Bonchev–Trinajstić information content (AvgIpc) is 2.35. The van der Waals surface area contributed by atoms with Gasteiger partial charge in [0.15, 0.2) is 0 Å². The quantitative estimate of drug-likeness (QED) is 0.629. The smallest absolute Gasteiger partial charge is 0.139 e. The summed E-state index contributed by atoms with van der Waals surface area (Å²) < 4.78 is 0. The second kappa shape index (κ2) is 4.06. The van der Waals surface area contributed by atoms with Gasteiger partial charge in [0, 0.05) is 11.8 Å². The molecule has 1 heteroatoms. The molecule has 12 heavy (non-hydrogen) atoms. The minimum atomic E-state index is 0.115. The lowest BCUT2D eigenvalue weighted by Crippen LogP contribution is -2.25. The third-order valence-electron chi connectivity index (χ3n) is 3.11. The molecule has 1 rings (SSSR count). The van der Waals surface area contributed by atoms with Gasteiger partial charge in [-0.25, -0.2) is 0 Å². The molecular weight excluding hydrogens is 148 g/mol. The van der Waals surface area contributed by atoms with Gasteiger partial charge in [0.05, 0.1) is 0 Å². The Morgan fingerprint density at radius 1 is 1.25 bits per heavy atom. The summed E-state index contributed by atoms with van der Waals surface area (Å²) in [7, 11) is 0. The van der Waals surface area contributed by atoms with E-state index < -0.39 is 0 Å². The van der Waals surface area contributed by atoms with Crippen molar-refractivity contribution in [1.29, 1.82) is 0 Å². The standard InChI is InChI=1S/C11H20O/c1-3-7-11(8-4-2)9-5-6-10(11)12/h3-9H2,1-2H3. The molecule has 0 spiro atoms. The van der Waals surface area contributed by atoms with Gasteiger partial charge in [-0.15, -0.1) is 0 Å². The molecule has 70 valence electrons. The topological polar surface area (TPSA) is 17.1 Å². The first-order valence-corrected chi connectivity index (χ1v) is 5.28. The molecule has 0 unspecified atom stereocenters. The summed E-state index contributed by atoms with van der Waals surface area (Å²) in [4.78, 5) is 11.7. The Kier molecular flexibility index (Phi) is 3.30. The molecule has 1 nitrogen and oxygen atoms in total. The maximum absolute atomic E-state index is 11.7. The fourth-order valence-electron chi connectivity index (χ4n) is 2.60. The van der Waals surface area contributed by atoms with Crippen LogP contribution in [0.4, 0.5) is 0 Å². The zero-order valence-electron chi connectivity index (χ0n) is 8.36. The first-order valence-electron chi connectivity index (χ1n) is 5.28. The SMILES string of the molecule is CCCC1(CCC)CCCC1=O. The van der Waals surface area contributed by atoms with Gasteiger partial charge in [-0.3, -0.25) is 4.79 Å². The average molecular weight is 168 g/mol. The van der Waals surface area contributed by atoms with E-state index in [1.54, 1.807) is 0 Å². The van der Waals surface area contributed by atoms with Crippen LogP contribution >= 0.6 is 0 Å². The summed E-state index contributed by atoms with van der Waals surface area (Å²) in [5.74, 6) is 0.547. The molecule has 0 amide bonds. The number of rotatable bonds is 4. The molecule has 0 radical (unpaired) electrons. The Morgan fingerprint density at radius 3 is 2.17 bits per heavy atom. The lowest BCUT2D eigenvalue weighted by molar-refractivity contribution is -0.126. The normalized spacial score (nSPS) is 21.7. The van der Waals surface area contributed by atoms with Crippen LogP contribution in [-0.2, 0) is 4.79 Å². The van der Waals surface area contributed by atoms with Crippen LogP contribution in [0.2, 0.25) is 0 Å². The minimum absolute atomic E-state index is 0.115. The van der Waals surface area contributed by atoms with E-state index in [0.717, 1.165) is 44.9 Å². The van der Waals surface area contributed by atoms with E-state index in [4.69, 9.17) is 0 Å². The van der Waals surface area contributed by atoms with Crippen LogP contribution in [-0.4, -0.2) is 5.78 Å². The molecule has 0 bridgehead atoms. The molecule has 0 aliphatic heterocycles. The Hall–Kier alpha value is -0.330. The zero-order valence-corrected chi connectivity index (χ0v) is 8.36. The van der Waals surface area contributed by atoms with Crippen LogP contribution in [0.3, 0.4) is 0 Å². The third kappa shape index (κ3) is 1.70. The molecule has 1 fully saturated rings. The summed E-state index contributed by atoms with van der Waals surface area (Å²) in [5.41, 5.74) is 0.115. The van der Waals surface area contributed by atoms with Gasteiger partial charge < -0.3 is 0 Å². The van der Waals surface area contributed by atoms with E-state index in [-0.39, 0.29) is 5.41 Å². The Balaban J connectivity index is 2.63. The summed E-state index contributed by atoms with van der Waals surface area (Å²) in [6.45, 7) is 4.37. The molecular formula is C11H20O. The van der Waals surface area contributed by atoms with Gasteiger partial charge in [-0.1, -0.05) is 26.7 Å². The molecule has 0 N–H and O–H groups in total. The van der Waals surface area contributed by atoms with Crippen molar-refractivity contribution in [2.75, 3.05) is 0 Å². The predicted octanol–water partition coefficient (Wildman–Crippen LogP) is 3.33. The molecule has 0 atom stereocenters. The van der Waals surface area contributed by atoms with Crippen molar-refractivity contribution in [2.45, 2.75) is 58.8 Å². The van der Waals surface area contributed by atoms with Crippen molar-refractivity contribution in [3.05, 3.63) is 0 Å². The highest BCUT2D eigenvalue weighted by atomic mass is 16.1. The van der Waals surface area contributed by atoms with Crippen LogP contribution in [0.15, 0.2) is 0 Å². The van der Waals surface area contributed by atoms with Crippen LogP contribution in [0.1, 0.15) is 58.8 Å². The van der Waals surface area contributed by atoms with Crippen molar-refractivity contribution in [1.82, 2.24) is 0 Å². The highest BCUT2D eigenvalue weighted by Crippen LogP contribution is 2.42. The van der Waals surface area contributed by atoms with Crippen LogP contribution in [0.5, 0.6) is 0 Å². The first kappa shape index (κ1) is 9.76. The fourth-order valence-corrected chi connectivity index (χ4v) is 2.60. The number of carbonyl (C=O) groups excluding carboxylic acids is 1. The Labute approximate surface area is 75.5 Å². The van der Waals surface area contributed by atoms with E-state index in [9.17, 15) is 4.79 Å². The second-order valence-electron chi connectivity index (χ2n) is 4.06. The largest absolute Gasteiger partial charge is 0.299 e. The summed E-state index contributed by atoms with van der Waals surface area (Å²) in [6, 6.07) is 0. The van der Waals surface area contributed by atoms with Gasteiger partial charge in [0.25, 0.3) is 0 Å². The van der Waals surface area contributed by atoms with E-state index in [0.29, 0.717) is 5.78 Å². The molecule has 0 heterocycles. The van der Waals surface area contributed by atoms with Crippen molar-refractivity contribution < 1.29 is 4.79 Å². The van der Waals surface area contributed by atoms with Crippen molar-refractivity contribution in [2.24, 2.45) is 5.41 Å². The Bertz CT molecular complexity index is 154. The number of Topliss-reactive ketones (excluding diaryl/α,β-unsaturated/α-hetero) is 1. The number of ketones is 1. The maximum atomic E-state index is 11.7. The number of hydrogen-bond acceptors (Lipinski definition) is 1. The summed E-state index contributed by atoms with van der Waals surface area (Å²) >= 11 is 0. The van der Waals surface area contributed by atoms with E-state index in [1.807, 2.05) is 0 Å². The summed E-state index contributed by atoms with van der Waals surface area (Å²) in [5, 5.41) is 0. The third-order valence-corrected chi connectivity index (χ3v) is 3.11. The number of hydrogen-bond donors (Lipinski definition) is 0. The predicted molar refractivity (Wildman–Crippen MR) is 51.1 cm³/mol. The summed E-state index contributed by atoms with van der Waals surface area (Å²) in [6.07, 6.45) is 7.71. The van der Waals surface area contributed by atoms with Gasteiger partial charge in [0.1, 0.15) is 5.78 Å². The van der Waals surface area contributed by atoms with Gasteiger partial charge in [0.2, 0.25) is 0 Å². The molecule has 0 aromatic heterocycles. The lowest BCUT2D eigenvalue weighted by atomic mass is 9.77. The Morgan fingerprint density at radius 2 is 1.83 bits per heavy atom. The molecule has 0 aromatic rings. The molecule has 0 aromatic carbocycles. The highest BCUT2D eigenvalue weighted by Gasteiger charge is 2.39. The van der Waals surface area contributed by atoms with Gasteiger partial charge >= 0.3 is 0 Å². The molecule has 1 saturated carbocycles. The van der Waals surface area contributed by atoms with Crippen LogP contribution < -0.4 is 0 Å². The highest BCUT2D eigenvalue weighted by molar-refractivity contribution is 5.86. The molecule has 1 aliphatic rings. The fraction of sp³-hybridized carbons (Fsp3) is 0.909. The second-order valence-corrected chi connectivity index (χ2v) is 4.06. The molecule has 0 saturated heterocycles. The van der Waals surface area contributed by atoms with Gasteiger partial charge in [-0.2, -0.15) is 0 Å². The zero-order chi connectivity index (χ0) is 9.03. The van der Waals surface area contributed by atoms with Crippen molar-refractivity contribution >= 4 is 5.78 Å². The van der Waals surface area contributed by atoms with E-state index in [2.05, 4.69) is 13.8 Å². The first-order chi connectivity index (χ1) is 5.75. The van der Waals surface area contributed by atoms with E-state index in [1.165, 1.54) is 0 Å². The van der Waals surface area contributed by atoms with Crippen LogP contribution in [0.25, 0.3) is 0 Å². The number of carbonyl (C=O) groups is 1. The van der Waals surface area contributed by atoms with Crippen LogP contribution in [0, 0.1) is 5.41 Å². The molecule has 1 aliphatic carbocycles.